The molecule has 1 N–H and O–H groups in total. The van der Waals surface area contributed by atoms with Crippen LogP contribution in [0.25, 0.3) is 0 Å². The predicted octanol–water partition coefficient (Wildman–Crippen LogP) is 3.04. The Kier molecular flexibility index (Phi) is 6.81. The molecule has 3 heterocycles. The van der Waals surface area contributed by atoms with E-state index in [-0.39, 0.29) is 6.04 Å². The highest BCUT2D eigenvalue weighted by Gasteiger charge is 2.28. The smallest absolute Gasteiger partial charge is 0.240 e. The van der Waals surface area contributed by atoms with Gasteiger partial charge >= 0.3 is 0 Å². The molecule has 170 valence electrons. The first-order valence-electron chi connectivity index (χ1n) is 11.4. The van der Waals surface area contributed by atoms with Crippen LogP contribution >= 0.6 is 0 Å². The van der Waals surface area contributed by atoms with Crippen molar-refractivity contribution >= 4 is 10.0 Å². The van der Waals surface area contributed by atoms with Crippen LogP contribution < -0.4 is 4.72 Å². The first kappa shape index (κ1) is 22.5. The van der Waals surface area contributed by atoms with Crippen LogP contribution in [-0.2, 0) is 40.9 Å². The monoisotopic (exact) mass is 446 g/mol. The Balaban J connectivity index is 1.42. The van der Waals surface area contributed by atoms with Gasteiger partial charge in [-0.2, -0.15) is 5.10 Å². The standard InChI is InChI=1S/C23H34N4O3S/c1-4-27-23-11-13-30-16-21(23)22(24-27)15-26-12-5-6-19(14-26)25-31(28,29)20-9-7-18(8-10-20)17(2)3/h7-10,17,19,25H,4-6,11-16H2,1-3H3. The van der Waals surface area contributed by atoms with Gasteiger partial charge in [0.15, 0.2) is 0 Å². The highest BCUT2D eigenvalue weighted by atomic mass is 32.2. The van der Waals surface area contributed by atoms with E-state index in [2.05, 4.69) is 35.1 Å². The number of hydrogen-bond acceptors (Lipinski definition) is 5. The van der Waals surface area contributed by atoms with E-state index in [1.54, 1.807) is 12.1 Å². The quantitative estimate of drug-likeness (QED) is 0.707. The Morgan fingerprint density at radius 2 is 2.03 bits per heavy atom. The van der Waals surface area contributed by atoms with Gasteiger partial charge in [-0.05, 0) is 49.9 Å². The van der Waals surface area contributed by atoms with Crippen molar-refractivity contribution in [3.8, 4) is 0 Å². The molecule has 2 aliphatic rings. The Hall–Kier alpha value is -1.74. The number of nitrogens with zero attached hydrogens (tertiary/aromatic N) is 3. The van der Waals surface area contributed by atoms with Crippen LogP contribution in [0.5, 0.6) is 0 Å². The van der Waals surface area contributed by atoms with E-state index in [4.69, 9.17) is 9.84 Å². The summed E-state index contributed by atoms with van der Waals surface area (Å²) in [5, 5.41) is 4.83. The lowest BCUT2D eigenvalue weighted by atomic mass is 10.0. The fourth-order valence-electron chi connectivity index (χ4n) is 4.59. The second kappa shape index (κ2) is 9.40. The maximum atomic E-state index is 12.9. The average Bonchev–Trinajstić information content (AvgIpc) is 3.11. The number of hydrogen-bond donors (Lipinski definition) is 1. The molecule has 1 atom stereocenters. The van der Waals surface area contributed by atoms with Gasteiger partial charge in [-0.25, -0.2) is 13.1 Å². The lowest BCUT2D eigenvalue weighted by molar-refractivity contribution is 0.107. The van der Waals surface area contributed by atoms with Gasteiger partial charge in [-0.15, -0.1) is 0 Å². The predicted molar refractivity (Wildman–Crippen MR) is 120 cm³/mol. The molecule has 0 amide bonds. The summed E-state index contributed by atoms with van der Waals surface area (Å²) in [4.78, 5) is 2.65. The first-order chi connectivity index (χ1) is 14.9. The summed E-state index contributed by atoms with van der Waals surface area (Å²) in [6, 6.07) is 7.14. The molecular formula is C23H34N4O3S. The summed E-state index contributed by atoms with van der Waals surface area (Å²) >= 11 is 0. The fraction of sp³-hybridized carbons (Fsp3) is 0.609. The number of sulfonamides is 1. The topological polar surface area (TPSA) is 76.5 Å². The Labute approximate surface area is 185 Å². The minimum atomic E-state index is -3.53. The average molecular weight is 447 g/mol. The molecule has 1 aromatic carbocycles. The van der Waals surface area contributed by atoms with Gasteiger partial charge in [0.25, 0.3) is 0 Å². The van der Waals surface area contributed by atoms with Crippen molar-refractivity contribution in [1.82, 2.24) is 19.4 Å². The number of rotatable bonds is 7. The molecule has 1 aromatic heterocycles. The highest BCUT2D eigenvalue weighted by Crippen LogP contribution is 2.24. The fourth-order valence-corrected chi connectivity index (χ4v) is 5.86. The molecule has 0 radical (unpaired) electrons. The minimum Gasteiger partial charge on any atom is -0.376 e. The number of ether oxygens (including phenoxy) is 1. The van der Waals surface area contributed by atoms with Crippen molar-refractivity contribution in [3.05, 3.63) is 46.8 Å². The van der Waals surface area contributed by atoms with Crippen molar-refractivity contribution in [3.63, 3.8) is 0 Å². The maximum absolute atomic E-state index is 12.9. The van der Waals surface area contributed by atoms with E-state index in [0.717, 1.165) is 56.8 Å². The van der Waals surface area contributed by atoms with Crippen LogP contribution in [0.3, 0.4) is 0 Å². The zero-order chi connectivity index (χ0) is 22.0. The summed E-state index contributed by atoms with van der Waals surface area (Å²) in [7, 11) is -3.53. The van der Waals surface area contributed by atoms with Crippen LogP contribution in [-0.4, -0.2) is 48.8 Å². The lowest BCUT2D eigenvalue weighted by Crippen LogP contribution is -2.47. The number of aromatic nitrogens is 2. The molecule has 1 fully saturated rings. The van der Waals surface area contributed by atoms with E-state index >= 15 is 0 Å². The Morgan fingerprint density at radius 1 is 1.26 bits per heavy atom. The van der Waals surface area contributed by atoms with Crippen LogP contribution in [0.4, 0.5) is 0 Å². The molecule has 0 spiro atoms. The van der Waals surface area contributed by atoms with Gasteiger partial charge in [0.2, 0.25) is 10.0 Å². The molecule has 2 aromatic rings. The van der Waals surface area contributed by atoms with E-state index in [0.29, 0.717) is 24.0 Å². The molecule has 1 unspecified atom stereocenters. The zero-order valence-corrected chi connectivity index (χ0v) is 19.6. The largest absolute Gasteiger partial charge is 0.376 e. The van der Waals surface area contributed by atoms with Crippen LogP contribution in [0.2, 0.25) is 0 Å². The molecular weight excluding hydrogens is 412 g/mol. The number of nitrogens with one attached hydrogen (secondary N) is 1. The summed E-state index contributed by atoms with van der Waals surface area (Å²) in [5.74, 6) is 0.379. The highest BCUT2D eigenvalue weighted by molar-refractivity contribution is 7.89. The van der Waals surface area contributed by atoms with Crippen molar-refractivity contribution in [2.45, 2.75) is 76.6 Å². The summed E-state index contributed by atoms with van der Waals surface area (Å²) in [6.07, 6.45) is 2.73. The van der Waals surface area contributed by atoms with E-state index in [1.807, 2.05) is 12.1 Å². The van der Waals surface area contributed by atoms with E-state index in [1.165, 1.54) is 11.3 Å². The lowest BCUT2D eigenvalue weighted by Gasteiger charge is -2.32. The molecule has 4 rings (SSSR count). The molecule has 2 aliphatic heterocycles. The SMILES string of the molecule is CCn1nc(CN2CCCC(NS(=O)(=O)c3ccc(C(C)C)cc3)C2)c2c1CCOC2. The van der Waals surface area contributed by atoms with Crippen molar-refractivity contribution in [2.24, 2.45) is 0 Å². The van der Waals surface area contributed by atoms with E-state index in [9.17, 15) is 8.42 Å². The summed E-state index contributed by atoms with van der Waals surface area (Å²) in [6.45, 7) is 10.9. The molecule has 7 nitrogen and oxygen atoms in total. The number of benzene rings is 1. The van der Waals surface area contributed by atoms with Crippen molar-refractivity contribution < 1.29 is 13.2 Å². The molecule has 0 bridgehead atoms. The maximum Gasteiger partial charge on any atom is 0.240 e. The third-order valence-corrected chi connectivity index (χ3v) is 7.87. The molecule has 31 heavy (non-hydrogen) atoms. The Bertz CT molecular complexity index is 999. The van der Waals surface area contributed by atoms with Crippen LogP contribution in [0, 0.1) is 0 Å². The molecule has 0 saturated carbocycles. The summed E-state index contributed by atoms with van der Waals surface area (Å²) < 4.78 is 36.5. The normalized spacial score (nSPS) is 20.2. The number of likely N-dealkylation sites (tertiary alicyclic amines) is 1. The first-order valence-corrected chi connectivity index (χ1v) is 12.9. The second-order valence-corrected chi connectivity index (χ2v) is 10.6. The van der Waals surface area contributed by atoms with Crippen LogP contribution in [0.15, 0.2) is 29.2 Å². The molecule has 1 saturated heterocycles. The second-order valence-electron chi connectivity index (χ2n) is 8.91. The van der Waals surface area contributed by atoms with Gasteiger partial charge in [0.05, 0.1) is 23.8 Å². The summed E-state index contributed by atoms with van der Waals surface area (Å²) in [5.41, 5.74) is 4.73. The van der Waals surface area contributed by atoms with Crippen molar-refractivity contribution in [1.29, 1.82) is 0 Å². The number of fused-ring (bicyclic) bond motifs is 1. The third-order valence-electron chi connectivity index (χ3n) is 6.34. The zero-order valence-electron chi connectivity index (χ0n) is 18.8. The van der Waals surface area contributed by atoms with E-state index < -0.39 is 10.0 Å². The van der Waals surface area contributed by atoms with Gasteiger partial charge in [-0.1, -0.05) is 26.0 Å². The Morgan fingerprint density at radius 3 is 2.74 bits per heavy atom. The number of piperidine rings is 1. The third kappa shape index (κ3) is 5.03. The van der Waals surface area contributed by atoms with Crippen molar-refractivity contribution in [2.75, 3.05) is 19.7 Å². The number of aryl methyl sites for hydroxylation is 1. The van der Waals surface area contributed by atoms with Gasteiger partial charge in [0, 0.05) is 43.4 Å². The van der Waals surface area contributed by atoms with Crippen LogP contribution in [0.1, 0.15) is 62.0 Å². The van der Waals surface area contributed by atoms with Gasteiger partial charge in [0.1, 0.15) is 0 Å². The molecule has 0 aliphatic carbocycles. The van der Waals surface area contributed by atoms with Gasteiger partial charge < -0.3 is 4.74 Å². The van der Waals surface area contributed by atoms with Gasteiger partial charge in [-0.3, -0.25) is 9.58 Å². The minimum absolute atomic E-state index is 0.0936. The molecule has 8 heteroatoms.